The van der Waals surface area contributed by atoms with E-state index in [1.807, 2.05) is 13.8 Å². The lowest BCUT2D eigenvalue weighted by Gasteiger charge is -2.27. The van der Waals surface area contributed by atoms with Crippen molar-refractivity contribution in [1.82, 2.24) is 4.90 Å². The fourth-order valence-electron chi connectivity index (χ4n) is 1.86. The molecule has 1 amide bonds. The van der Waals surface area contributed by atoms with Crippen molar-refractivity contribution in [2.45, 2.75) is 33.4 Å². The lowest BCUT2D eigenvalue weighted by Crippen LogP contribution is -2.38. The van der Waals surface area contributed by atoms with Gasteiger partial charge in [0.25, 0.3) is 0 Å². The van der Waals surface area contributed by atoms with E-state index in [0.717, 1.165) is 0 Å². The second kappa shape index (κ2) is 8.14. The van der Waals surface area contributed by atoms with E-state index in [2.05, 4.69) is 0 Å². The van der Waals surface area contributed by atoms with Crippen LogP contribution in [0.15, 0.2) is 24.3 Å². The summed E-state index contributed by atoms with van der Waals surface area (Å²) in [5.74, 6) is -0.0245. The predicted molar refractivity (Wildman–Crippen MR) is 84.1 cm³/mol. The fourth-order valence-corrected chi connectivity index (χ4v) is 2.41. The minimum Gasteiger partial charge on any atom is -0.382 e. The van der Waals surface area contributed by atoms with Crippen LogP contribution in [-0.2, 0) is 26.2 Å². The summed E-state index contributed by atoms with van der Waals surface area (Å²) in [5, 5.41) is 0. The lowest BCUT2D eigenvalue weighted by molar-refractivity contribution is -0.137. The normalized spacial score (nSPS) is 11.5. The third-order valence-electron chi connectivity index (χ3n) is 3.10. The van der Waals surface area contributed by atoms with Crippen LogP contribution in [0.3, 0.4) is 0 Å². The van der Waals surface area contributed by atoms with Crippen molar-refractivity contribution in [1.29, 1.82) is 0 Å². The first kappa shape index (κ1) is 18.4. The van der Waals surface area contributed by atoms with E-state index in [0.29, 0.717) is 5.56 Å². The molecule has 0 aliphatic carbocycles. The summed E-state index contributed by atoms with van der Waals surface area (Å²) in [4.78, 5) is 13.7. The van der Waals surface area contributed by atoms with E-state index < -0.39 is 10.1 Å². The first-order chi connectivity index (χ1) is 10.3. The molecule has 1 rings (SSSR count). The number of ether oxygens (including phenoxy) is 1. The maximum absolute atomic E-state index is 12.1. The Morgan fingerprint density at radius 3 is 2.45 bits per heavy atom. The molecule has 22 heavy (non-hydrogen) atoms. The summed E-state index contributed by atoms with van der Waals surface area (Å²) in [6.07, 6.45) is 0. The molecule has 0 atom stereocenters. The Hall–Kier alpha value is -1.60. The third kappa shape index (κ3) is 5.31. The van der Waals surface area contributed by atoms with Crippen molar-refractivity contribution >= 4 is 16.0 Å². The average molecular weight is 329 g/mol. The molecular formula is C15H23NO5S. The van der Waals surface area contributed by atoms with Gasteiger partial charge in [-0.05, 0) is 26.8 Å². The molecule has 0 unspecified atom stereocenters. The van der Waals surface area contributed by atoms with Crippen LogP contribution < -0.4 is 4.18 Å². The summed E-state index contributed by atoms with van der Waals surface area (Å²) < 4.78 is 33.3. The highest BCUT2D eigenvalue weighted by atomic mass is 32.2. The van der Waals surface area contributed by atoms with E-state index in [9.17, 15) is 13.2 Å². The van der Waals surface area contributed by atoms with E-state index in [1.165, 1.54) is 14.0 Å². The maximum atomic E-state index is 12.1. The van der Waals surface area contributed by atoms with Crippen LogP contribution in [0.1, 0.15) is 26.3 Å². The molecule has 124 valence electrons. The van der Waals surface area contributed by atoms with Gasteiger partial charge >= 0.3 is 10.1 Å². The number of nitrogens with zero attached hydrogens (tertiary/aromatic N) is 1. The third-order valence-corrected chi connectivity index (χ3v) is 4.24. The molecule has 0 saturated carbocycles. The number of hydrogen-bond donors (Lipinski definition) is 0. The standard InChI is InChI=1S/C15H23NO5S/c1-5-22(18,19)21-14-9-7-6-8-13(14)10-16(12(2)3)15(17)11-20-4/h6-9,12H,5,10-11H2,1-4H3. The number of rotatable bonds is 8. The van der Waals surface area contributed by atoms with Gasteiger partial charge in [-0.25, -0.2) is 0 Å². The first-order valence-electron chi connectivity index (χ1n) is 7.09. The molecule has 6 nitrogen and oxygen atoms in total. The van der Waals surface area contributed by atoms with Gasteiger partial charge in [0.1, 0.15) is 12.4 Å². The second-order valence-electron chi connectivity index (χ2n) is 5.09. The minimum absolute atomic E-state index is 0.0194. The van der Waals surface area contributed by atoms with Gasteiger partial charge in [-0.2, -0.15) is 8.42 Å². The highest BCUT2D eigenvalue weighted by molar-refractivity contribution is 7.87. The van der Waals surface area contributed by atoms with E-state index in [4.69, 9.17) is 8.92 Å². The predicted octanol–water partition coefficient (Wildman–Crippen LogP) is 1.80. The number of hydrogen-bond acceptors (Lipinski definition) is 5. The molecule has 0 fully saturated rings. The van der Waals surface area contributed by atoms with Crippen molar-refractivity contribution in [3.8, 4) is 5.75 Å². The lowest BCUT2D eigenvalue weighted by atomic mass is 10.1. The zero-order valence-electron chi connectivity index (χ0n) is 13.4. The summed E-state index contributed by atoms with van der Waals surface area (Å²) in [5.41, 5.74) is 0.637. The molecule has 0 radical (unpaired) electrons. The number of carbonyl (C=O) groups is 1. The van der Waals surface area contributed by atoms with Gasteiger partial charge in [0.15, 0.2) is 0 Å². The summed E-state index contributed by atoms with van der Waals surface area (Å²) in [6.45, 7) is 5.53. The Balaban J connectivity index is 3.03. The molecule has 0 heterocycles. The largest absolute Gasteiger partial charge is 0.382 e. The molecule has 0 aliphatic heterocycles. The van der Waals surface area contributed by atoms with Gasteiger partial charge in [-0.15, -0.1) is 0 Å². The topological polar surface area (TPSA) is 72.9 Å². The molecule has 0 spiro atoms. The van der Waals surface area contributed by atoms with E-state index >= 15 is 0 Å². The zero-order valence-corrected chi connectivity index (χ0v) is 14.2. The number of para-hydroxylation sites is 1. The smallest absolute Gasteiger partial charge is 0.308 e. The molecule has 0 aliphatic rings. The van der Waals surface area contributed by atoms with Crippen LogP contribution in [0.4, 0.5) is 0 Å². The maximum Gasteiger partial charge on any atom is 0.308 e. The van der Waals surface area contributed by atoms with Crippen molar-refractivity contribution < 1.29 is 22.1 Å². The van der Waals surface area contributed by atoms with Gasteiger partial charge in [-0.1, -0.05) is 18.2 Å². The second-order valence-corrected chi connectivity index (χ2v) is 6.95. The van der Waals surface area contributed by atoms with Crippen LogP contribution in [0.25, 0.3) is 0 Å². The summed E-state index contributed by atoms with van der Waals surface area (Å²) >= 11 is 0. The number of benzene rings is 1. The highest BCUT2D eigenvalue weighted by Crippen LogP contribution is 2.22. The Bertz CT molecular complexity index is 598. The van der Waals surface area contributed by atoms with Gasteiger partial charge in [-0.3, -0.25) is 4.79 Å². The SMILES string of the molecule is CCS(=O)(=O)Oc1ccccc1CN(C(=O)COC)C(C)C. The van der Waals surface area contributed by atoms with Gasteiger partial charge in [0, 0.05) is 25.3 Å². The monoisotopic (exact) mass is 329 g/mol. The molecule has 7 heteroatoms. The van der Waals surface area contributed by atoms with E-state index in [1.54, 1.807) is 29.2 Å². The Kier molecular flexibility index (Phi) is 6.83. The van der Waals surface area contributed by atoms with Crippen molar-refractivity contribution in [2.24, 2.45) is 0 Å². The van der Waals surface area contributed by atoms with Crippen LogP contribution >= 0.6 is 0 Å². The first-order valence-corrected chi connectivity index (χ1v) is 8.67. The highest BCUT2D eigenvalue weighted by Gasteiger charge is 2.20. The molecule has 0 bridgehead atoms. The average Bonchev–Trinajstić information content (AvgIpc) is 2.45. The Morgan fingerprint density at radius 1 is 1.27 bits per heavy atom. The Labute approximate surface area is 132 Å². The van der Waals surface area contributed by atoms with Crippen LogP contribution in [0.5, 0.6) is 5.75 Å². The van der Waals surface area contributed by atoms with Crippen molar-refractivity contribution in [2.75, 3.05) is 19.5 Å². The van der Waals surface area contributed by atoms with E-state index in [-0.39, 0.29) is 36.6 Å². The quantitative estimate of drug-likeness (QED) is 0.680. The number of amides is 1. The van der Waals surface area contributed by atoms with Gasteiger partial charge in [0.2, 0.25) is 5.91 Å². The summed E-state index contributed by atoms with van der Waals surface area (Å²) in [6, 6.07) is 6.76. The zero-order chi connectivity index (χ0) is 16.8. The van der Waals surface area contributed by atoms with Crippen molar-refractivity contribution in [3.63, 3.8) is 0 Å². The molecular weight excluding hydrogens is 306 g/mol. The van der Waals surface area contributed by atoms with Crippen molar-refractivity contribution in [3.05, 3.63) is 29.8 Å². The fraction of sp³-hybridized carbons (Fsp3) is 0.533. The molecule has 1 aromatic carbocycles. The number of methoxy groups -OCH3 is 1. The van der Waals surface area contributed by atoms with Crippen LogP contribution in [-0.4, -0.2) is 44.7 Å². The molecule has 0 saturated heterocycles. The summed E-state index contributed by atoms with van der Waals surface area (Å²) in [7, 11) is -2.15. The minimum atomic E-state index is -3.61. The number of carbonyl (C=O) groups excluding carboxylic acids is 1. The van der Waals surface area contributed by atoms with Crippen LogP contribution in [0.2, 0.25) is 0 Å². The van der Waals surface area contributed by atoms with Crippen LogP contribution in [0, 0.1) is 0 Å². The van der Waals surface area contributed by atoms with Gasteiger partial charge < -0.3 is 13.8 Å². The Morgan fingerprint density at radius 2 is 1.91 bits per heavy atom. The van der Waals surface area contributed by atoms with Gasteiger partial charge in [0.05, 0.1) is 5.75 Å². The molecule has 1 aromatic rings. The molecule has 0 aromatic heterocycles. The molecule has 0 N–H and O–H groups in total.